The van der Waals surface area contributed by atoms with E-state index in [0.29, 0.717) is 5.56 Å². The Morgan fingerprint density at radius 1 is 0.862 bits per heavy atom. The van der Waals surface area contributed by atoms with E-state index in [4.69, 9.17) is 0 Å². The minimum absolute atomic E-state index is 0.698. The maximum absolute atomic E-state index is 10.0. The molecular formula is C27H26N2. The maximum atomic E-state index is 10.0. The fourth-order valence-electron chi connectivity index (χ4n) is 3.54. The molecule has 29 heavy (non-hydrogen) atoms. The third-order valence-electron chi connectivity index (χ3n) is 4.99. The summed E-state index contributed by atoms with van der Waals surface area (Å²) < 4.78 is 0. The number of rotatable bonds is 5. The third-order valence-corrected chi connectivity index (χ3v) is 4.99. The second-order valence-corrected chi connectivity index (χ2v) is 7.20. The van der Waals surface area contributed by atoms with E-state index < -0.39 is 0 Å². The Morgan fingerprint density at radius 2 is 1.34 bits per heavy atom. The molecule has 0 aromatic heterocycles. The van der Waals surface area contributed by atoms with Gasteiger partial charge in [-0.3, -0.25) is 0 Å². The first-order valence-corrected chi connectivity index (χ1v) is 9.79. The number of likely N-dealkylation sites (N-methyl/N-ethyl adjacent to an activating group) is 1. The number of benzene rings is 3. The highest BCUT2D eigenvalue weighted by atomic mass is 15.1. The average molecular weight is 379 g/mol. The van der Waals surface area contributed by atoms with E-state index in [-0.39, 0.29) is 0 Å². The van der Waals surface area contributed by atoms with E-state index in [9.17, 15) is 5.26 Å². The van der Waals surface area contributed by atoms with Gasteiger partial charge in [0.1, 0.15) is 6.07 Å². The van der Waals surface area contributed by atoms with Crippen molar-refractivity contribution in [2.75, 3.05) is 11.9 Å². The van der Waals surface area contributed by atoms with Crippen LogP contribution in [0.4, 0.5) is 5.69 Å². The molecular weight excluding hydrogens is 352 g/mol. The van der Waals surface area contributed by atoms with Crippen LogP contribution in [0.3, 0.4) is 0 Å². The molecule has 0 saturated carbocycles. The van der Waals surface area contributed by atoms with Crippen molar-refractivity contribution in [3.8, 4) is 28.3 Å². The molecule has 0 aliphatic rings. The van der Waals surface area contributed by atoms with E-state index in [1.165, 1.54) is 5.57 Å². The second kappa shape index (κ2) is 9.08. The van der Waals surface area contributed by atoms with Crippen LogP contribution in [0.5, 0.6) is 0 Å². The fourth-order valence-corrected chi connectivity index (χ4v) is 3.54. The number of allylic oxidation sites excluding steroid dienone is 3. The zero-order valence-electron chi connectivity index (χ0n) is 17.5. The zero-order chi connectivity index (χ0) is 20.8. The lowest BCUT2D eigenvalue weighted by molar-refractivity contribution is 1.09. The lowest BCUT2D eigenvalue weighted by Crippen LogP contribution is -2.16. The first kappa shape index (κ1) is 20.2. The zero-order valence-corrected chi connectivity index (χ0v) is 17.5. The molecule has 0 heterocycles. The highest BCUT2D eigenvalue weighted by Crippen LogP contribution is 2.37. The summed E-state index contributed by atoms with van der Waals surface area (Å²) in [6, 6.07) is 27.0. The van der Waals surface area contributed by atoms with Crippen molar-refractivity contribution in [3.05, 3.63) is 102 Å². The smallest absolute Gasteiger partial charge is 0.100 e. The van der Waals surface area contributed by atoms with Gasteiger partial charge in [-0.1, -0.05) is 72.3 Å². The summed E-state index contributed by atoms with van der Waals surface area (Å²) in [5, 5.41) is 10.0. The summed E-state index contributed by atoms with van der Waals surface area (Å²) in [7, 11) is 2.08. The van der Waals surface area contributed by atoms with Crippen molar-refractivity contribution in [1.29, 1.82) is 5.26 Å². The minimum Gasteiger partial charge on any atom is -0.345 e. The Balaban J connectivity index is 2.31. The van der Waals surface area contributed by atoms with Crippen LogP contribution in [-0.2, 0) is 0 Å². The van der Waals surface area contributed by atoms with Crippen LogP contribution in [0.1, 0.15) is 26.3 Å². The summed E-state index contributed by atoms with van der Waals surface area (Å²) in [5.74, 6) is 0. The van der Waals surface area contributed by atoms with E-state index in [2.05, 4.69) is 80.4 Å². The topological polar surface area (TPSA) is 27.0 Å². The Hall–Kier alpha value is -3.57. The van der Waals surface area contributed by atoms with Crippen molar-refractivity contribution in [1.82, 2.24) is 0 Å². The van der Waals surface area contributed by atoms with Gasteiger partial charge in [-0.05, 0) is 50.1 Å². The number of hydrogen-bond acceptors (Lipinski definition) is 2. The molecule has 3 rings (SSSR count). The van der Waals surface area contributed by atoms with E-state index in [0.717, 1.165) is 33.6 Å². The molecule has 0 N–H and O–H groups in total. The van der Waals surface area contributed by atoms with E-state index in [1.807, 2.05) is 43.3 Å². The van der Waals surface area contributed by atoms with Gasteiger partial charge in [0.2, 0.25) is 0 Å². The molecule has 0 saturated heterocycles. The molecule has 2 nitrogen and oxygen atoms in total. The molecule has 0 bridgehead atoms. The first-order valence-electron chi connectivity index (χ1n) is 9.79. The van der Waals surface area contributed by atoms with Crippen LogP contribution in [0.25, 0.3) is 22.3 Å². The van der Waals surface area contributed by atoms with Crippen LogP contribution in [-0.4, -0.2) is 7.05 Å². The largest absolute Gasteiger partial charge is 0.345 e. The monoisotopic (exact) mass is 378 g/mol. The predicted octanol–water partition coefficient (Wildman–Crippen LogP) is 7.20. The van der Waals surface area contributed by atoms with Crippen molar-refractivity contribution < 1.29 is 0 Å². The standard InChI is InChI=1S/C27H26N2/c1-5-12-27(20(2)3)29(4)23-17-24(21-13-8-6-9-14-21)26(19-28)25(18-23)22-15-10-7-11-16-22/h5-18H,1-4H3/b12-5-. The van der Waals surface area contributed by atoms with Crippen LogP contribution in [0.15, 0.2) is 96.2 Å². The van der Waals surface area contributed by atoms with Crippen molar-refractivity contribution >= 4 is 5.69 Å². The Labute approximate surface area is 174 Å². The molecule has 3 aromatic rings. The maximum Gasteiger partial charge on any atom is 0.100 e. The van der Waals surface area contributed by atoms with Crippen LogP contribution >= 0.6 is 0 Å². The van der Waals surface area contributed by atoms with Gasteiger partial charge < -0.3 is 4.90 Å². The molecule has 0 unspecified atom stereocenters. The van der Waals surface area contributed by atoms with Gasteiger partial charge in [0.25, 0.3) is 0 Å². The summed E-state index contributed by atoms with van der Waals surface area (Å²) in [6.45, 7) is 6.26. The lowest BCUT2D eigenvalue weighted by atomic mass is 9.91. The van der Waals surface area contributed by atoms with Gasteiger partial charge in [-0.15, -0.1) is 0 Å². The average Bonchev–Trinajstić information content (AvgIpc) is 2.77. The molecule has 0 aliphatic heterocycles. The van der Waals surface area contributed by atoms with Crippen LogP contribution in [0, 0.1) is 11.3 Å². The van der Waals surface area contributed by atoms with Gasteiger partial charge >= 0.3 is 0 Å². The summed E-state index contributed by atoms with van der Waals surface area (Å²) >= 11 is 0. The molecule has 0 radical (unpaired) electrons. The molecule has 2 heteroatoms. The van der Waals surface area contributed by atoms with Crippen molar-refractivity contribution in [2.45, 2.75) is 20.8 Å². The van der Waals surface area contributed by atoms with Gasteiger partial charge in [0.05, 0.1) is 5.56 Å². The Bertz CT molecular complexity index is 1020. The Morgan fingerprint density at radius 3 is 1.72 bits per heavy atom. The molecule has 0 amide bonds. The Kier molecular flexibility index (Phi) is 6.32. The molecule has 0 atom stereocenters. The van der Waals surface area contributed by atoms with Gasteiger partial charge in [-0.2, -0.15) is 5.26 Å². The molecule has 0 aliphatic carbocycles. The number of anilines is 1. The van der Waals surface area contributed by atoms with E-state index in [1.54, 1.807) is 0 Å². The number of hydrogen-bond donors (Lipinski definition) is 0. The van der Waals surface area contributed by atoms with Crippen molar-refractivity contribution in [2.24, 2.45) is 0 Å². The summed E-state index contributed by atoms with van der Waals surface area (Å²) in [6.07, 6.45) is 4.18. The quantitative estimate of drug-likeness (QED) is 0.439. The van der Waals surface area contributed by atoms with E-state index >= 15 is 0 Å². The minimum atomic E-state index is 0.698. The highest BCUT2D eigenvalue weighted by Gasteiger charge is 2.17. The normalized spacial score (nSPS) is 10.6. The SMILES string of the molecule is C/C=C\C(=C(C)C)N(C)c1cc(-c2ccccc2)c(C#N)c(-c2ccccc2)c1. The molecule has 0 fully saturated rings. The van der Waals surface area contributed by atoms with Gasteiger partial charge in [0, 0.05) is 29.6 Å². The van der Waals surface area contributed by atoms with Crippen molar-refractivity contribution in [3.63, 3.8) is 0 Å². The van der Waals surface area contributed by atoms with Gasteiger partial charge in [0.15, 0.2) is 0 Å². The lowest BCUT2D eigenvalue weighted by Gasteiger charge is -2.25. The molecule has 0 spiro atoms. The van der Waals surface area contributed by atoms with Gasteiger partial charge in [-0.25, -0.2) is 0 Å². The van der Waals surface area contributed by atoms with Crippen LogP contribution in [0.2, 0.25) is 0 Å². The number of nitriles is 1. The van der Waals surface area contributed by atoms with Crippen LogP contribution < -0.4 is 4.90 Å². The fraction of sp³-hybridized carbons (Fsp3) is 0.148. The predicted molar refractivity (Wildman–Crippen MR) is 124 cm³/mol. The first-order chi connectivity index (χ1) is 14.1. The molecule has 3 aromatic carbocycles. The summed E-state index contributed by atoms with van der Waals surface area (Å²) in [5.41, 5.74) is 8.12. The highest BCUT2D eigenvalue weighted by molar-refractivity contribution is 5.86. The second-order valence-electron chi connectivity index (χ2n) is 7.20. The molecule has 144 valence electrons. The summed E-state index contributed by atoms with van der Waals surface area (Å²) in [4.78, 5) is 2.19. The number of nitrogens with zero attached hydrogens (tertiary/aromatic N) is 2. The third kappa shape index (κ3) is 4.31.